The summed E-state index contributed by atoms with van der Waals surface area (Å²) in [5, 5.41) is 18.2. The second-order valence-electron chi connectivity index (χ2n) is 10.2. The first-order chi connectivity index (χ1) is 19.8. The fourth-order valence-electron chi connectivity index (χ4n) is 4.58. The van der Waals surface area contributed by atoms with Crippen molar-refractivity contribution in [3.8, 4) is 22.6 Å². The number of benzene rings is 1. The van der Waals surface area contributed by atoms with Gasteiger partial charge < -0.3 is 20.1 Å². The number of carbonyl (C=O) groups excluding carboxylic acids is 1. The number of amides is 1. The predicted molar refractivity (Wildman–Crippen MR) is 148 cm³/mol. The number of alkyl halides is 3. The smallest absolute Gasteiger partial charge is 0.475 e. The molecule has 1 aliphatic heterocycles. The first-order valence-electron chi connectivity index (χ1n) is 13.2. The number of hydrogen-bond acceptors (Lipinski definition) is 6. The SMILES string of the molecule is Cc1nc(-c2cc(-c3cncc(C(=O)N4CCC(O)(Cc5ccccc5)CC4)c3)ccn2)[nH]c1C.O=C(O)C(F)(F)F. The van der Waals surface area contributed by atoms with Crippen molar-refractivity contribution in [3.05, 3.63) is 89.6 Å². The van der Waals surface area contributed by atoms with E-state index in [2.05, 4.69) is 19.9 Å². The highest BCUT2D eigenvalue weighted by Gasteiger charge is 2.38. The largest absolute Gasteiger partial charge is 0.490 e. The Bertz CT molecular complexity index is 1530. The maximum absolute atomic E-state index is 13.3. The van der Waals surface area contributed by atoms with Crippen LogP contribution in [0.2, 0.25) is 0 Å². The van der Waals surface area contributed by atoms with Crippen LogP contribution >= 0.6 is 0 Å². The molecule has 3 aromatic heterocycles. The fourth-order valence-corrected chi connectivity index (χ4v) is 4.58. The molecule has 0 atom stereocenters. The van der Waals surface area contributed by atoms with E-state index in [-0.39, 0.29) is 5.91 Å². The minimum absolute atomic E-state index is 0.0623. The molecule has 9 nitrogen and oxygen atoms in total. The topological polar surface area (TPSA) is 132 Å². The Morgan fingerprint density at radius 1 is 1.02 bits per heavy atom. The number of aromatic nitrogens is 4. The number of aryl methyl sites for hydroxylation is 2. The Balaban J connectivity index is 0.000000517. The van der Waals surface area contributed by atoms with Crippen molar-refractivity contribution in [1.29, 1.82) is 0 Å². The molecule has 0 radical (unpaired) electrons. The van der Waals surface area contributed by atoms with Crippen molar-refractivity contribution in [1.82, 2.24) is 24.8 Å². The van der Waals surface area contributed by atoms with Gasteiger partial charge in [0.15, 0.2) is 5.82 Å². The first-order valence-corrected chi connectivity index (χ1v) is 13.2. The number of H-pyrrole nitrogens is 1. The molecule has 5 rings (SSSR count). The number of hydrogen-bond donors (Lipinski definition) is 3. The summed E-state index contributed by atoms with van der Waals surface area (Å²) < 4.78 is 31.7. The molecule has 1 fully saturated rings. The summed E-state index contributed by atoms with van der Waals surface area (Å²) in [4.78, 5) is 40.6. The number of halogens is 3. The third-order valence-corrected chi connectivity index (χ3v) is 7.05. The summed E-state index contributed by atoms with van der Waals surface area (Å²) in [6.07, 6.45) is 1.73. The zero-order chi connectivity index (χ0) is 30.5. The lowest BCUT2D eigenvalue weighted by Gasteiger charge is -2.38. The van der Waals surface area contributed by atoms with Crippen molar-refractivity contribution < 1.29 is 33.0 Å². The second kappa shape index (κ2) is 12.5. The van der Waals surface area contributed by atoms with E-state index >= 15 is 0 Å². The van der Waals surface area contributed by atoms with Crippen molar-refractivity contribution >= 4 is 11.9 Å². The zero-order valence-electron chi connectivity index (χ0n) is 23.0. The van der Waals surface area contributed by atoms with Gasteiger partial charge in [0.1, 0.15) is 5.69 Å². The molecule has 1 aromatic carbocycles. The molecule has 0 spiro atoms. The van der Waals surface area contributed by atoms with Crippen LogP contribution in [0.5, 0.6) is 0 Å². The zero-order valence-corrected chi connectivity index (χ0v) is 23.0. The molecule has 0 bridgehead atoms. The summed E-state index contributed by atoms with van der Waals surface area (Å²) >= 11 is 0. The van der Waals surface area contributed by atoms with E-state index in [0.717, 1.165) is 39.6 Å². The molecule has 1 saturated heterocycles. The number of aliphatic hydroxyl groups is 1. The van der Waals surface area contributed by atoms with Crippen LogP contribution in [0.15, 0.2) is 67.1 Å². The average molecular weight is 582 g/mol. The fraction of sp³-hybridized carbons (Fsp3) is 0.300. The highest BCUT2D eigenvalue weighted by molar-refractivity contribution is 5.95. The van der Waals surface area contributed by atoms with E-state index in [1.54, 1.807) is 18.6 Å². The lowest BCUT2D eigenvalue weighted by Crippen LogP contribution is -2.47. The highest BCUT2D eigenvalue weighted by Crippen LogP contribution is 2.28. The highest BCUT2D eigenvalue weighted by atomic mass is 19.4. The number of nitrogens with zero attached hydrogens (tertiary/aromatic N) is 4. The van der Waals surface area contributed by atoms with Crippen LogP contribution in [0.3, 0.4) is 0 Å². The van der Waals surface area contributed by atoms with Gasteiger partial charge in [-0.1, -0.05) is 30.3 Å². The van der Waals surface area contributed by atoms with Gasteiger partial charge in [-0.05, 0) is 56.0 Å². The predicted octanol–water partition coefficient (Wildman–Crippen LogP) is 4.99. The number of carboxylic acid groups (broad SMARTS) is 1. The van der Waals surface area contributed by atoms with Crippen LogP contribution in [0.25, 0.3) is 22.6 Å². The molecule has 1 aliphatic rings. The Kier molecular flexibility index (Phi) is 9.05. The van der Waals surface area contributed by atoms with E-state index in [1.165, 1.54) is 0 Å². The first kappa shape index (κ1) is 30.4. The Hall–Kier alpha value is -4.58. The quantitative estimate of drug-likeness (QED) is 0.302. The van der Waals surface area contributed by atoms with Crippen LogP contribution in [0.1, 0.15) is 40.2 Å². The number of piperidine rings is 1. The molecule has 42 heavy (non-hydrogen) atoms. The Morgan fingerprint density at radius 2 is 1.69 bits per heavy atom. The monoisotopic (exact) mass is 581 g/mol. The Labute approximate surface area is 240 Å². The molecular formula is C30H30F3N5O4. The number of pyridine rings is 2. The molecule has 0 saturated carbocycles. The van der Waals surface area contributed by atoms with Gasteiger partial charge in [-0.15, -0.1) is 0 Å². The van der Waals surface area contributed by atoms with Crippen molar-refractivity contribution in [3.63, 3.8) is 0 Å². The van der Waals surface area contributed by atoms with Gasteiger partial charge in [0.25, 0.3) is 5.91 Å². The summed E-state index contributed by atoms with van der Waals surface area (Å²) in [7, 11) is 0. The third-order valence-electron chi connectivity index (χ3n) is 7.05. The molecular weight excluding hydrogens is 551 g/mol. The van der Waals surface area contributed by atoms with Crippen molar-refractivity contribution in [2.75, 3.05) is 13.1 Å². The van der Waals surface area contributed by atoms with Gasteiger partial charge in [-0.3, -0.25) is 14.8 Å². The number of carbonyl (C=O) groups is 2. The van der Waals surface area contributed by atoms with E-state index in [4.69, 9.17) is 9.90 Å². The molecule has 3 N–H and O–H groups in total. The standard InChI is InChI=1S/C28H29N5O2.C2HF3O2/c1-19-20(2)32-26(31-19)25-15-22(8-11-30-25)23-14-24(18-29-17-23)27(34)33-12-9-28(35,10-13-33)16-21-6-4-3-5-7-21;3-2(4,5)1(6)7/h3-8,11,14-15,17-18,35H,9-10,12-13,16H2,1-2H3,(H,31,32);(H,6,7). The maximum atomic E-state index is 13.3. The van der Waals surface area contributed by atoms with Crippen molar-refractivity contribution in [2.24, 2.45) is 0 Å². The van der Waals surface area contributed by atoms with Crippen LogP contribution in [-0.4, -0.2) is 71.8 Å². The van der Waals surface area contributed by atoms with Crippen molar-refractivity contribution in [2.45, 2.75) is 44.9 Å². The van der Waals surface area contributed by atoms with Gasteiger partial charge in [-0.2, -0.15) is 13.2 Å². The number of aliphatic carboxylic acids is 1. The van der Waals surface area contributed by atoms with E-state index in [1.807, 2.05) is 67.3 Å². The Morgan fingerprint density at radius 3 is 2.29 bits per heavy atom. The molecule has 220 valence electrons. The van der Waals surface area contributed by atoms with E-state index < -0.39 is 17.7 Å². The minimum Gasteiger partial charge on any atom is -0.475 e. The summed E-state index contributed by atoms with van der Waals surface area (Å²) in [5.74, 6) is -2.10. The molecule has 1 amide bonds. The normalized spacial score (nSPS) is 14.6. The number of carboxylic acids is 1. The number of imidazole rings is 1. The minimum atomic E-state index is -5.08. The molecule has 0 aliphatic carbocycles. The van der Waals surface area contributed by atoms with Gasteiger partial charge in [0.2, 0.25) is 0 Å². The van der Waals surface area contributed by atoms with Gasteiger partial charge in [0.05, 0.1) is 16.9 Å². The average Bonchev–Trinajstić information content (AvgIpc) is 3.31. The number of nitrogens with one attached hydrogen (secondary N) is 1. The van der Waals surface area contributed by atoms with Crippen LogP contribution in [-0.2, 0) is 11.2 Å². The lowest BCUT2D eigenvalue weighted by atomic mass is 9.85. The molecule has 0 unspecified atom stereocenters. The lowest BCUT2D eigenvalue weighted by molar-refractivity contribution is -0.192. The summed E-state index contributed by atoms with van der Waals surface area (Å²) in [6, 6.07) is 15.7. The number of likely N-dealkylation sites (tertiary alicyclic amines) is 1. The van der Waals surface area contributed by atoms with Crippen LogP contribution in [0.4, 0.5) is 13.2 Å². The maximum Gasteiger partial charge on any atom is 0.490 e. The van der Waals surface area contributed by atoms with Gasteiger partial charge >= 0.3 is 12.1 Å². The molecule has 4 aromatic rings. The number of rotatable bonds is 5. The van der Waals surface area contributed by atoms with E-state index in [9.17, 15) is 23.1 Å². The van der Waals surface area contributed by atoms with Crippen LogP contribution in [0, 0.1) is 13.8 Å². The summed E-state index contributed by atoms with van der Waals surface area (Å²) in [6.45, 7) is 4.98. The molecule has 4 heterocycles. The molecule has 12 heteroatoms. The third kappa shape index (κ3) is 7.58. The van der Waals surface area contributed by atoms with Gasteiger partial charge in [-0.25, -0.2) is 9.78 Å². The van der Waals surface area contributed by atoms with Crippen LogP contribution < -0.4 is 0 Å². The second-order valence-corrected chi connectivity index (χ2v) is 10.2. The number of aromatic amines is 1. The summed E-state index contributed by atoms with van der Waals surface area (Å²) in [5.41, 5.74) is 5.33. The van der Waals surface area contributed by atoms with E-state index in [0.29, 0.717) is 37.9 Å². The van der Waals surface area contributed by atoms with Gasteiger partial charge in [0, 0.05) is 49.4 Å².